The molecule has 0 spiro atoms. The summed E-state index contributed by atoms with van der Waals surface area (Å²) in [6.45, 7) is 1.83. The molecule has 5 N–H and O–H groups in total. The lowest BCUT2D eigenvalue weighted by Gasteiger charge is -2.34. The number of fused-ring (bicyclic) bond motifs is 1. The Labute approximate surface area is 552 Å². The van der Waals surface area contributed by atoms with Gasteiger partial charge in [0.05, 0.1) is 70.0 Å². The predicted octanol–water partition coefficient (Wildman–Crippen LogP) is 1.48. The molecule has 6 rings (SSSR count). The van der Waals surface area contributed by atoms with E-state index in [1.165, 1.54) is 12.3 Å². The van der Waals surface area contributed by atoms with Crippen LogP contribution in [0.3, 0.4) is 0 Å². The number of piperidine rings is 1. The number of amides is 6. The minimum Gasteiger partial charge on any atom is -0.494 e. The number of aliphatic carboxylic acids is 1. The molecule has 0 unspecified atom stereocenters. The first-order valence-corrected chi connectivity index (χ1v) is 32.0. The van der Waals surface area contributed by atoms with Gasteiger partial charge in [-0.25, -0.2) is 8.78 Å². The van der Waals surface area contributed by atoms with Gasteiger partial charge in [0.25, 0.3) is 24.8 Å². The fourth-order valence-electron chi connectivity index (χ4n) is 11.0. The van der Waals surface area contributed by atoms with Crippen LogP contribution in [0.25, 0.3) is 10.9 Å². The third-order valence-corrected chi connectivity index (χ3v) is 16.9. The number of halogens is 3. The summed E-state index contributed by atoms with van der Waals surface area (Å²) in [7, 11) is 1.16. The normalized spacial score (nSPS) is 17.7. The number of aryl methyl sites for hydroxylation is 1. The van der Waals surface area contributed by atoms with Crippen molar-refractivity contribution in [3.05, 3.63) is 69.4 Å². The van der Waals surface area contributed by atoms with Crippen LogP contribution in [0.2, 0.25) is 0 Å². The molecular weight excluding hydrogens is 1330 g/mol. The van der Waals surface area contributed by atoms with E-state index >= 15 is 0 Å². The second-order valence-electron chi connectivity index (χ2n) is 22.9. The van der Waals surface area contributed by atoms with Crippen molar-refractivity contribution in [3.63, 3.8) is 0 Å². The van der Waals surface area contributed by atoms with E-state index in [0.29, 0.717) is 101 Å². The maximum absolute atomic E-state index is 14.5. The Morgan fingerprint density at radius 2 is 1.45 bits per heavy atom. The number of carboxylic acid groups (broad SMARTS) is 1. The van der Waals surface area contributed by atoms with Crippen LogP contribution in [0.4, 0.5) is 8.78 Å². The van der Waals surface area contributed by atoms with Gasteiger partial charge in [0.1, 0.15) is 31.3 Å². The van der Waals surface area contributed by atoms with E-state index in [1.54, 1.807) is 32.9 Å². The number of alkyl halides is 2. The highest BCUT2D eigenvalue weighted by Crippen LogP contribution is 2.32. The number of methoxy groups -OCH3 is 1. The molecule has 0 bridgehead atoms. The molecule has 3 atom stereocenters. The minimum atomic E-state index is -3.12. The summed E-state index contributed by atoms with van der Waals surface area (Å²) in [5.74, 6) is -5.53. The zero-order valence-corrected chi connectivity index (χ0v) is 54.4. The maximum atomic E-state index is 14.5. The number of hydrogen-bond acceptors (Lipinski definition) is 20. The predicted molar refractivity (Wildman–Crippen MR) is 341 cm³/mol. The fraction of sp³-hybridized carbons (Fsp3) is 0.571. The van der Waals surface area contributed by atoms with Crippen molar-refractivity contribution in [3.8, 4) is 18.1 Å². The second-order valence-corrected chi connectivity index (χ2v) is 24.1. The SMILES string of the molecule is C#C[C@H]1CC(F)(F)CN1C(=O)CNC(=O)c1ccnc2ccc(OCCCC3CCN(C(=O)[C@H](CC(=O)OC)NC(=O)[C@H](CCOCCNC(=O)CCCc4ccc(I)cc4)NC(=O)CN4CCN(COC=O)CCN(COC=O)CCN(CC(=O)O)CC4)CC3)cc12. The molecule has 3 saturated heterocycles. The number of carboxylic acids is 1. The van der Waals surface area contributed by atoms with E-state index in [0.717, 1.165) is 34.0 Å². The lowest BCUT2D eigenvalue weighted by molar-refractivity contribution is -0.147. The molecule has 30 heteroatoms. The number of pyridine rings is 1. The number of benzene rings is 2. The molecule has 3 aromatic rings. The minimum absolute atomic E-state index is 0.0480. The lowest BCUT2D eigenvalue weighted by Crippen LogP contribution is -2.57. The van der Waals surface area contributed by atoms with Gasteiger partial charge in [-0.3, -0.25) is 72.5 Å². The molecule has 2 aromatic carbocycles. The summed E-state index contributed by atoms with van der Waals surface area (Å²) in [6, 6.07) is 10.8. The fourth-order valence-corrected chi connectivity index (χ4v) is 11.4. The van der Waals surface area contributed by atoms with Crippen molar-refractivity contribution in [1.82, 2.24) is 55.7 Å². The van der Waals surface area contributed by atoms with E-state index in [9.17, 15) is 61.8 Å². The molecule has 0 saturated carbocycles. The summed E-state index contributed by atoms with van der Waals surface area (Å²) >= 11 is 2.23. The first-order chi connectivity index (χ1) is 44.8. The van der Waals surface area contributed by atoms with Gasteiger partial charge in [-0.05, 0) is 115 Å². The number of terminal acetylenes is 1. The van der Waals surface area contributed by atoms with Gasteiger partial charge in [-0.2, -0.15) is 0 Å². The molecule has 3 fully saturated rings. The van der Waals surface area contributed by atoms with E-state index in [2.05, 4.69) is 54.8 Å². The van der Waals surface area contributed by atoms with Gasteiger partial charge >= 0.3 is 11.9 Å². The highest BCUT2D eigenvalue weighted by molar-refractivity contribution is 14.1. The summed E-state index contributed by atoms with van der Waals surface area (Å²) in [4.78, 5) is 143. The van der Waals surface area contributed by atoms with Gasteiger partial charge in [0.2, 0.25) is 29.5 Å². The van der Waals surface area contributed by atoms with E-state index in [4.69, 9.17) is 30.1 Å². The number of aromatic nitrogens is 1. The van der Waals surface area contributed by atoms with Gasteiger partial charge < -0.3 is 59.9 Å². The van der Waals surface area contributed by atoms with Crippen LogP contribution in [0.5, 0.6) is 5.75 Å². The molecule has 6 amide bonds. The average Bonchev–Trinajstić information content (AvgIpc) is 1.81. The molecule has 1 aromatic heterocycles. The Hall–Kier alpha value is -7.70. The van der Waals surface area contributed by atoms with Crippen LogP contribution >= 0.6 is 22.6 Å². The molecular formula is C63H84F2IN11O16. The molecule has 4 heterocycles. The van der Waals surface area contributed by atoms with E-state index in [-0.39, 0.29) is 103 Å². The van der Waals surface area contributed by atoms with Gasteiger partial charge in [-0.15, -0.1) is 6.42 Å². The molecule has 0 radical (unpaired) electrons. The average molecular weight is 1420 g/mol. The Bertz CT molecular complexity index is 3030. The number of esters is 1. The number of rotatable bonds is 34. The Kier molecular flexibility index (Phi) is 31.3. The quantitative estimate of drug-likeness (QED) is 0.0141. The van der Waals surface area contributed by atoms with Crippen LogP contribution in [-0.2, 0) is 68.5 Å². The summed E-state index contributed by atoms with van der Waals surface area (Å²) in [5, 5.41) is 21.1. The summed E-state index contributed by atoms with van der Waals surface area (Å²) in [5.41, 5.74) is 1.80. The zero-order chi connectivity index (χ0) is 67.1. The van der Waals surface area contributed by atoms with Crippen LogP contribution < -0.4 is 26.0 Å². The van der Waals surface area contributed by atoms with Crippen molar-refractivity contribution in [2.75, 3.05) is 139 Å². The molecule has 0 aliphatic carbocycles. The molecule has 3 aliphatic rings. The number of likely N-dealkylation sites (tertiary alicyclic amines) is 2. The maximum Gasteiger partial charge on any atom is 0.317 e. The largest absolute Gasteiger partial charge is 0.494 e. The van der Waals surface area contributed by atoms with Gasteiger partial charge in [-0.1, -0.05) is 18.1 Å². The third-order valence-electron chi connectivity index (χ3n) is 16.2. The molecule has 3 aliphatic heterocycles. The molecule has 27 nitrogen and oxygen atoms in total. The first kappa shape index (κ1) is 74.3. The lowest BCUT2D eigenvalue weighted by atomic mass is 9.92. The smallest absolute Gasteiger partial charge is 0.317 e. The summed E-state index contributed by atoms with van der Waals surface area (Å²) < 4.78 is 56.1. The van der Waals surface area contributed by atoms with Crippen molar-refractivity contribution < 1.29 is 85.5 Å². The second kappa shape index (κ2) is 39.1. The number of hydrogen-bond donors (Lipinski definition) is 5. The van der Waals surface area contributed by atoms with Crippen molar-refractivity contribution in [2.24, 2.45) is 5.92 Å². The third kappa shape index (κ3) is 26.0. The van der Waals surface area contributed by atoms with Gasteiger partial charge in [0, 0.05) is 107 Å². The number of nitrogens with zero attached hydrogens (tertiary/aromatic N) is 7. The van der Waals surface area contributed by atoms with Crippen molar-refractivity contribution >= 4 is 93.8 Å². The van der Waals surface area contributed by atoms with Crippen LogP contribution in [-0.4, -0.2) is 262 Å². The monoisotopic (exact) mass is 1420 g/mol. The van der Waals surface area contributed by atoms with E-state index in [1.807, 2.05) is 34.1 Å². The number of ether oxygens (including phenoxy) is 5. The van der Waals surface area contributed by atoms with Crippen molar-refractivity contribution in [1.29, 1.82) is 0 Å². The van der Waals surface area contributed by atoms with Crippen LogP contribution in [0, 0.1) is 21.8 Å². The van der Waals surface area contributed by atoms with Crippen LogP contribution in [0.1, 0.15) is 73.7 Å². The zero-order valence-electron chi connectivity index (χ0n) is 52.3. The molecule has 93 heavy (non-hydrogen) atoms. The Morgan fingerprint density at radius 3 is 2.09 bits per heavy atom. The Morgan fingerprint density at radius 1 is 0.796 bits per heavy atom. The topological polar surface area (TPSA) is 318 Å². The first-order valence-electron chi connectivity index (χ1n) is 31.0. The number of carbonyl (C=O) groups is 10. The summed E-state index contributed by atoms with van der Waals surface area (Å²) in [6.07, 6.45) is 9.81. The van der Waals surface area contributed by atoms with Crippen molar-refractivity contribution in [2.45, 2.75) is 88.3 Å². The highest BCUT2D eigenvalue weighted by atomic mass is 127. The standard InChI is InChI=1S/C63H84F2IN11O16/c1-3-48-36-63(64,65)40-77(48)57(82)37-69-60(86)50-15-19-67-52-14-13-49(34-51(50)52)93-31-5-7-46-16-21-76(22-17-46)62(88)54(35-59(85)89-2)71-61(87)53(18-32-90-33-20-68-55(80)8-4-6-45-9-11-47(66)12-10-45)70-56(81)38-72-23-24-73(39-58(83)84)26-28-75(42-92-44-79)30-29-74(27-25-72)41-91-43-78/h1,9-15,19,34,43-44,46,48,53-54H,4-8,16-18,20-33,35-42H2,2H3,(H,68,80)(H,69,86)(H,70,81)(H,71,87)(H,83,84)/t48-,53-,54-/m0/s1. The Balaban J connectivity index is 1.05. The van der Waals surface area contributed by atoms with Gasteiger partial charge in [0.15, 0.2) is 0 Å². The number of nitrogens with one attached hydrogen (secondary N) is 4. The van der Waals surface area contributed by atoms with Crippen LogP contribution in [0.15, 0.2) is 54.7 Å². The number of carbonyl (C=O) groups excluding carboxylic acids is 9. The van der Waals surface area contributed by atoms with E-state index < -0.39 is 91.5 Å². The molecule has 508 valence electrons. The highest BCUT2D eigenvalue weighted by Gasteiger charge is 2.46.